The molecule has 20 heavy (non-hydrogen) atoms. The predicted molar refractivity (Wildman–Crippen MR) is 89.5 cm³/mol. The molecule has 1 unspecified atom stereocenters. The number of benzene rings is 1. The molecule has 0 radical (unpaired) electrons. The fourth-order valence-corrected chi connectivity index (χ4v) is 3.07. The van der Waals surface area contributed by atoms with Crippen LogP contribution < -0.4 is 5.32 Å². The van der Waals surface area contributed by atoms with Crippen LogP contribution in [0.2, 0.25) is 5.02 Å². The molecular weight excluding hydrogens is 268 g/mol. The molecule has 0 aromatic heterocycles. The van der Waals surface area contributed by atoms with Gasteiger partial charge in [-0.05, 0) is 51.0 Å². The van der Waals surface area contributed by atoms with Gasteiger partial charge in [-0.15, -0.1) is 0 Å². The van der Waals surface area contributed by atoms with Crippen molar-refractivity contribution in [2.45, 2.75) is 52.1 Å². The molecule has 0 saturated carbocycles. The highest BCUT2D eigenvalue weighted by Gasteiger charge is 2.16. The lowest BCUT2D eigenvalue weighted by molar-refractivity contribution is 0.218. The van der Waals surface area contributed by atoms with Crippen LogP contribution in [0.1, 0.15) is 51.6 Å². The van der Waals surface area contributed by atoms with Gasteiger partial charge >= 0.3 is 0 Å². The van der Waals surface area contributed by atoms with E-state index in [0.717, 1.165) is 24.5 Å². The van der Waals surface area contributed by atoms with E-state index in [-0.39, 0.29) is 0 Å². The predicted octanol–water partition coefficient (Wildman–Crippen LogP) is 4.50. The van der Waals surface area contributed by atoms with E-state index in [9.17, 15) is 0 Å². The van der Waals surface area contributed by atoms with E-state index >= 15 is 0 Å². The van der Waals surface area contributed by atoms with Gasteiger partial charge in [0.25, 0.3) is 0 Å². The Balaban J connectivity index is 2.67. The summed E-state index contributed by atoms with van der Waals surface area (Å²) in [5.41, 5.74) is 1.22. The van der Waals surface area contributed by atoms with Crippen molar-refractivity contribution >= 4 is 11.6 Å². The van der Waals surface area contributed by atoms with Crippen LogP contribution in [-0.4, -0.2) is 31.1 Å². The minimum absolute atomic E-state index is 0.338. The Morgan fingerprint density at radius 1 is 1.15 bits per heavy atom. The third-order valence-corrected chi connectivity index (χ3v) is 4.41. The van der Waals surface area contributed by atoms with Crippen molar-refractivity contribution in [3.8, 4) is 0 Å². The molecule has 1 rings (SSSR count). The second-order valence-electron chi connectivity index (χ2n) is 5.37. The van der Waals surface area contributed by atoms with Gasteiger partial charge in [-0.3, -0.25) is 0 Å². The minimum atomic E-state index is 0.338. The number of halogens is 1. The van der Waals surface area contributed by atoms with E-state index in [0.29, 0.717) is 12.1 Å². The van der Waals surface area contributed by atoms with Gasteiger partial charge in [0.15, 0.2) is 0 Å². The summed E-state index contributed by atoms with van der Waals surface area (Å²) < 4.78 is 0. The van der Waals surface area contributed by atoms with Gasteiger partial charge in [0, 0.05) is 17.1 Å². The first-order valence-corrected chi connectivity index (χ1v) is 8.19. The molecular formula is C17H29ClN2. The summed E-state index contributed by atoms with van der Waals surface area (Å²) in [6.07, 6.45) is 3.51. The van der Waals surface area contributed by atoms with Gasteiger partial charge in [-0.2, -0.15) is 0 Å². The lowest BCUT2D eigenvalue weighted by Crippen LogP contribution is -2.34. The molecule has 0 bridgehead atoms. The third-order valence-electron chi connectivity index (χ3n) is 4.07. The highest BCUT2D eigenvalue weighted by Crippen LogP contribution is 2.25. The van der Waals surface area contributed by atoms with Crippen molar-refractivity contribution in [1.82, 2.24) is 10.2 Å². The zero-order valence-electron chi connectivity index (χ0n) is 13.3. The van der Waals surface area contributed by atoms with Gasteiger partial charge in [0.05, 0.1) is 0 Å². The van der Waals surface area contributed by atoms with E-state index in [1.165, 1.54) is 18.4 Å². The number of hydrogen-bond donors (Lipinski definition) is 1. The van der Waals surface area contributed by atoms with Gasteiger partial charge in [-0.25, -0.2) is 0 Å². The Labute approximate surface area is 129 Å². The van der Waals surface area contributed by atoms with Crippen molar-refractivity contribution in [1.29, 1.82) is 0 Å². The molecule has 0 heterocycles. The molecule has 0 spiro atoms. The smallest absolute Gasteiger partial charge is 0.0453 e. The average molecular weight is 297 g/mol. The van der Waals surface area contributed by atoms with Crippen LogP contribution in [0.4, 0.5) is 0 Å². The van der Waals surface area contributed by atoms with Crippen molar-refractivity contribution < 1.29 is 0 Å². The summed E-state index contributed by atoms with van der Waals surface area (Å²) in [7, 11) is 2.23. The van der Waals surface area contributed by atoms with Crippen LogP contribution in [0.5, 0.6) is 0 Å². The standard InChI is InChI=1S/C17H29ClN2/c1-5-14(6-2)20(4)13-12-17(19-7-3)15-10-8-9-11-16(15)18/h8-11,14,17,19H,5-7,12-13H2,1-4H3. The van der Waals surface area contributed by atoms with Crippen molar-refractivity contribution in [3.05, 3.63) is 34.9 Å². The number of nitrogens with one attached hydrogen (secondary N) is 1. The minimum Gasteiger partial charge on any atom is -0.310 e. The molecule has 1 atom stereocenters. The van der Waals surface area contributed by atoms with E-state index in [4.69, 9.17) is 11.6 Å². The first kappa shape index (κ1) is 17.5. The van der Waals surface area contributed by atoms with Gasteiger partial charge < -0.3 is 10.2 Å². The van der Waals surface area contributed by atoms with E-state index in [2.05, 4.69) is 50.2 Å². The molecule has 1 aromatic rings. The van der Waals surface area contributed by atoms with Crippen LogP contribution in [-0.2, 0) is 0 Å². The fraction of sp³-hybridized carbons (Fsp3) is 0.647. The Bertz CT molecular complexity index is 377. The second-order valence-corrected chi connectivity index (χ2v) is 5.78. The SMILES string of the molecule is CCNC(CCN(C)C(CC)CC)c1ccccc1Cl. The maximum absolute atomic E-state index is 6.33. The van der Waals surface area contributed by atoms with Gasteiger partial charge in [-0.1, -0.05) is 50.6 Å². The Kier molecular flexibility index (Phi) is 8.20. The topological polar surface area (TPSA) is 15.3 Å². The lowest BCUT2D eigenvalue weighted by atomic mass is 10.0. The Morgan fingerprint density at radius 2 is 1.80 bits per heavy atom. The average Bonchev–Trinajstić information content (AvgIpc) is 2.45. The summed E-state index contributed by atoms with van der Waals surface area (Å²) in [4.78, 5) is 2.47. The Hall–Kier alpha value is -0.570. The number of hydrogen-bond acceptors (Lipinski definition) is 2. The molecule has 3 heteroatoms. The maximum Gasteiger partial charge on any atom is 0.0453 e. The first-order chi connectivity index (χ1) is 9.63. The van der Waals surface area contributed by atoms with E-state index < -0.39 is 0 Å². The summed E-state index contributed by atoms with van der Waals surface area (Å²) in [5, 5.41) is 4.42. The normalized spacial score (nSPS) is 13.2. The summed E-state index contributed by atoms with van der Waals surface area (Å²) in [5.74, 6) is 0. The second kappa shape index (κ2) is 9.38. The lowest BCUT2D eigenvalue weighted by Gasteiger charge is -2.28. The zero-order valence-corrected chi connectivity index (χ0v) is 14.1. The van der Waals surface area contributed by atoms with Crippen molar-refractivity contribution in [2.24, 2.45) is 0 Å². The van der Waals surface area contributed by atoms with Crippen LogP contribution in [0.25, 0.3) is 0 Å². The van der Waals surface area contributed by atoms with E-state index in [1.54, 1.807) is 0 Å². The summed E-state index contributed by atoms with van der Waals surface area (Å²) in [6, 6.07) is 9.19. The van der Waals surface area contributed by atoms with Crippen molar-refractivity contribution in [2.75, 3.05) is 20.1 Å². The largest absolute Gasteiger partial charge is 0.310 e. The van der Waals surface area contributed by atoms with Gasteiger partial charge in [0.1, 0.15) is 0 Å². The molecule has 1 N–H and O–H groups in total. The van der Waals surface area contributed by atoms with Crippen LogP contribution in [0.3, 0.4) is 0 Å². The summed E-state index contributed by atoms with van der Waals surface area (Å²) >= 11 is 6.33. The molecule has 2 nitrogen and oxygen atoms in total. The van der Waals surface area contributed by atoms with Gasteiger partial charge in [0.2, 0.25) is 0 Å². The maximum atomic E-state index is 6.33. The highest BCUT2D eigenvalue weighted by molar-refractivity contribution is 6.31. The first-order valence-electron chi connectivity index (χ1n) is 7.81. The molecule has 0 amide bonds. The van der Waals surface area contributed by atoms with Crippen LogP contribution >= 0.6 is 11.6 Å². The molecule has 0 aliphatic carbocycles. The molecule has 0 saturated heterocycles. The van der Waals surface area contributed by atoms with Crippen LogP contribution in [0, 0.1) is 0 Å². The number of nitrogens with zero attached hydrogens (tertiary/aromatic N) is 1. The molecule has 0 aliphatic rings. The summed E-state index contributed by atoms with van der Waals surface area (Å²) in [6.45, 7) is 8.73. The Morgan fingerprint density at radius 3 is 2.35 bits per heavy atom. The monoisotopic (exact) mass is 296 g/mol. The van der Waals surface area contributed by atoms with Crippen LogP contribution in [0.15, 0.2) is 24.3 Å². The zero-order chi connectivity index (χ0) is 15.0. The highest BCUT2D eigenvalue weighted by atomic mass is 35.5. The number of rotatable bonds is 9. The molecule has 0 fully saturated rings. The molecule has 1 aromatic carbocycles. The van der Waals surface area contributed by atoms with E-state index in [1.807, 2.05) is 12.1 Å². The quantitative estimate of drug-likeness (QED) is 0.722. The van der Waals surface area contributed by atoms with Crippen molar-refractivity contribution in [3.63, 3.8) is 0 Å². The molecule has 114 valence electrons. The third kappa shape index (κ3) is 5.08. The molecule has 0 aliphatic heterocycles. The fourth-order valence-electron chi connectivity index (χ4n) is 2.80.